The van der Waals surface area contributed by atoms with Crippen molar-refractivity contribution in [1.82, 2.24) is 0 Å². The highest BCUT2D eigenvalue weighted by Crippen LogP contribution is 2.49. The van der Waals surface area contributed by atoms with Gasteiger partial charge < -0.3 is 10.1 Å². The van der Waals surface area contributed by atoms with E-state index in [0.29, 0.717) is 17.9 Å². The molecule has 0 aliphatic heterocycles. The Balaban J connectivity index is 1.61. The molecule has 2 aromatic carbocycles. The summed E-state index contributed by atoms with van der Waals surface area (Å²) in [6, 6.07) is 12.3. The molecule has 130 valence electrons. The van der Waals surface area contributed by atoms with Crippen LogP contribution in [0.2, 0.25) is 15.1 Å². The van der Waals surface area contributed by atoms with Crippen molar-refractivity contribution in [1.29, 1.82) is 0 Å². The Morgan fingerprint density at radius 2 is 1.64 bits per heavy atom. The highest BCUT2D eigenvalue weighted by Gasteiger charge is 2.52. The van der Waals surface area contributed by atoms with E-state index in [1.54, 1.807) is 0 Å². The summed E-state index contributed by atoms with van der Waals surface area (Å²) in [4.78, 5) is 24.4. The molecule has 1 amide bonds. The number of carbonyl (C=O) groups excluding carboxylic acids is 2. The van der Waals surface area contributed by atoms with E-state index in [0.717, 1.165) is 5.56 Å². The van der Waals surface area contributed by atoms with Gasteiger partial charge >= 0.3 is 5.97 Å². The second kappa shape index (κ2) is 7.24. The Morgan fingerprint density at radius 3 is 2.20 bits per heavy atom. The van der Waals surface area contributed by atoms with E-state index in [2.05, 4.69) is 5.32 Å². The van der Waals surface area contributed by atoms with Gasteiger partial charge in [-0.05, 0) is 30.5 Å². The Kier molecular flexibility index (Phi) is 5.23. The fourth-order valence-electron chi connectivity index (χ4n) is 2.60. The van der Waals surface area contributed by atoms with E-state index >= 15 is 0 Å². The van der Waals surface area contributed by atoms with Crippen molar-refractivity contribution in [2.45, 2.75) is 18.3 Å². The SMILES string of the molecule is O=C(COC(=O)C1(c2ccccc2)CC1)Nc1c(Cl)cc(Cl)cc1Cl. The van der Waals surface area contributed by atoms with Crippen LogP contribution in [0.15, 0.2) is 42.5 Å². The lowest BCUT2D eigenvalue weighted by atomic mass is 9.96. The van der Waals surface area contributed by atoms with Gasteiger partial charge in [-0.25, -0.2) is 0 Å². The number of rotatable bonds is 5. The number of halogens is 3. The van der Waals surface area contributed by atoms with Gasteiger partial charge in [0.05, 0.1) is 21.1 Å². The fourth-order valence-corrected chi connectivity index (χ4v) is 3.51. The van der Waals surface area contributed by atoms with Gasteiger partial charge in [0, 0.05) is 5.02 Å². The zero-order chi connectivity index (χ0) is 18.0. The molecule has 0 spiro atoms. The van der Waals surface area contributed by atoms with Gasteiger partial charge in [0.1, 0.15) is 0 Å². The van der Waals surface area contributed by atoms with Gasteiger partial charge in [-0.15, -0.1) is 0 Å². The van der Waals surface area contributed by atoms with Gasteiger partial charge in [-0.2, -0.15) is 0 Å². The van der Waals surface area contributed by atoms with E-state index < -0.39 is 23.9 Å². The van der Waals surface area contributed by atoms with Crippen LogP contribution in [0.25, 0.3) is 0 Å². The van der Waals surface area contributed by atoms with Crippen LogP contribution in [0.1, 0.15) is 18.4 Å². The lowest BCUT2D eigenvalue weighted by Crippen LogP contribution is -2.28. The Bertz CT molecular complexity index is 797. The number of anilines is 1. The lowest BCUT2D eigenvalue weighted by Gasteiger charge is -2.15. The van der Waals surface area contributed by atoms with Crippen molar-refractivity contribution in [3.8, 4) is 0 Å². The molecule has 0 atom stereocenters. The van der Waals surface area contributed by atoms with Crippen LogP contribution in [0.5, 0.6) is 0 Å². The number of carbonyl (C=O) groups is 2. The van der Waals surface area contributed by atoms with Gasteiger partial charge in [0.25, 0.3) is 5.91 Å². The molecule has 7 heteroatoms. The molecule has 25 heavy (non-hydrogen) atoms. The van der Waals surface area contributed by atoms with Crippen molar-refractivity contribution < 1.29 is 14.3 Å². The Labute approximate surface area is 160 Å². The highest BCUT2D eigenvalue weighted by molar-refractivity contribution is 6.42. The molecule has 0 radical (unpaired) electrons. The van der Waals surface area contributed by atoms with Crippen molar-refractivity contribution >= 4 is 52.4 Å². The molecular formula is C18H14Cl3NO3. The zero-order valence-electron chi connectivity index (χ0n) is 13.0. The molecular weight excluding hydrogens is 385 g/mol. The van der Waals surface area contributed by atoms with E-state index in [-0.39, 0.29) is 15.7 Å². The molecule has 0 unspecified atom stereocenters. The van der Waals surface area contributed by atoms with E-state index in [1.165, 1.54) is 12.1 Å². The smallest absolute Gasteiger partial charge is 0.317 e. The summed E-state index contributed by atoms with van der Waals surface area (Å²) in [5.41, 5.74) is 0.513. The molecule has 4 nitrogen and oxygen atoms in total. The van der Waals surface area contributed by atoms with Gasteiger partial charge in [-0.3, -0.25) is 9.59 Å². The fraction of sp³-hybridized carbons (Fsp3) is 0.222. The molecule has 0 heterocycles. The summed E-state index contributed by atoms with van der Waals surface area (Å²) >= 11 is 17.9. The second-order valence-corrected chi connectivity index (χ2v) is 7.07. The first-order valence-corrected chi connectivity index (χ1v) is 8.73. The molecule has 0 aromatic heterocycles. The van der Waals surface area contributed by atoms with Gasteiger partial charge in [0.15, 0.2) is 6.61 Å². The quantitative estimate of drug-likeness (QED) is 0.732. The molecule has 1 aliphatic rings. The van der Waals surface area contributed by atoms with Crippen LogP contribution >= 0.6 is 34.8 Å². The minimum absolute atomic E-state index is 0.208. The average Bonchev–Trinajstić information content (AvgIpc) is 3.38. The minimum Gasteiger partial charge on any atom is -0.455 e. The summed E-state index contributed by atoms with van der Waals surface area (Å²) in [7, 11) is 0. The first kappa shape index (κ1) is 18.1. The maximum Gasteiger partial charge on any atom is 0.317 e. The third-order valence-corrected chi connectivity index (χ3v) is 4.89. The summed E-state index contributed by atoms with van der Waals surface area (Å²) in [6.07, 6.45) is 1.43. The topological polar surface area (TPSA) is 55.4 Å². The van der Waals surface area contributed by atoms with Crippen molar-refractivity contribution in [2.75, 3.05) is 11.9 Å². The molecule has 1 fully saturated rings. The number of nitrogens with one attached hydrogen (secondary N) is 1. The van der Waals surface area contributed by atoms with E-state index in [1.807, 2.05) is 30.3 Å². The van der Waals surface area contributed by atoms with Crippen LogP contribution in [0.3, 0.4) is 0 Å². The lowest BCUT2D eigenvalue weighted by molar-refractivity contribution is -0.150. The predicted octanol–water partition coefficient (Wildman–Crippen LogP) is 4.86. The number of hydrogen-bond acceptors (Lipinski definition) is 3. The maximum absolute atomic E-state index is 12.4. The summed E-state index contributed by atoms with van der Waals surface area (Å²) in [5.74, 6) is -0.925. The highest BCUT2D eigenvalue weighted by atomic mass is 35.5. The normalized spacial score (nSPS) is 14.7. The van der Waals surface area contributed by atoms with Crippen LogP contribution in [-0.2, 0) is 19.7 Å². The Hall–Kier alpha value is -1.75. The van der Waals surface area contributed by atoms with Crippen molar-refractivity contribution in [2.24, 2.45) is 0 Å². The van der Waals surface area contributed by atoms with Crippen molar-refractivity contribution in [3.63, 3.8) is 0 Å². The summed E-state index contributed by atoms with van der Waals surface area (Å²) in [6.45, 7) is -0.414. The van der Waals surface area contributed by atoms with E-state index in [9.17, 15) is 9.59 Å². The average molecular weight is 399 g/mol. The molecule has 0 bridgehead atoms. The molecule has 3 rings (SSSR count). The predicted molar refractivity (Wildman–Crippen MR) is 98.4 cm³/mol. The standard InChI is InChI=1S/C18H14Cl3NO3/c19-12-8-13(20)16(14(21)9-12)22-15(23)10-25-17(24)18(6-7-18)11-4-2-1-3-5-11/h1-5,8-9H,6-7,10H2,(H,22,23). The second-order valence-electron chi connectivity index (χ2n) is 5.82. The first-order valence-electron chi connectivity index (χ1n) is 7.59. The van der Waals surface area contributed by atoms with Gasteiger partial charge in [0.2, 0.25) is 0 Å². The van der Waals surface area contributed by atoms with Gasteiger partial charge in [-0.1, -0.05) is 65.1 Å². The molecule has 1 N–H and O–H groups in total. The molecule has 2 aromatic rings. The third-order valence-electron chi connectivity index (χ3n) is 4.07. The first-order chi connectivity index (χ1) is 11.9. The number of benzene rings is 2. The third kappa shape index (κ3) is 3.92. The largest absolute Gasteiger partial charge is 0.455 e. The van der Waals surface area contributed by atoms with Crippen LogP contribution in [0.4, 0.5) is 5.69 Å². The summed E-state index contributed by atoms with van der Waals surface area (Å²) in [5, 5.41) is 3.31. The number of amides is 1. The molecule has 1 aliphatic carbocycles. The molecule has 1 saturated carbocycles. The molecule has 0 saturated heterocycles. The number of ether oxygens (including phenoxy) is 1. The van der Waals surface area contributed by atoms with Crippen molar-refractivity contribution in [3.05, 3.63) is 63.1 Å². The van der Waals surface area contributed by atoms with Crippen LogP contribution < -0.4 is 5.32 Å². The zero-order valence-corrected chi connectivity index (χ0v) is 15.3. The minimum atomic E-state index is -0.628. The number of esters is 1. The van der Waals surface area contributed by atoms with Crippen LogP contribution in [0, 0.1) is 0 Å². The number of hydrogen-bond donors (Lipinski definition) is 1. The van der Waals surface area contributed by atoms with Crippen LogP contribution in [-0.4, -0.2) is 18.5 Å². The summed E-state index contributed by atoms with van der Waals surface area (Å²) < 4.78 is 5.20. The van der Waals surface area contributed by atoms with E-state index in [4.69, 9.17) is 39.5 Å². The Morgan fingerprint density at radius 1 is 1.04 bits per heavy atom. The maximum atomic E-state index is 12.4. The monoisotopic (exact) mass is 397 g/mol.